The average molecular weight is 170 g/mol. The van der Waals surface area contributed by atoms with E-state index in [0.29, 0.717) is 5.88 Å². The number of nitrogens with two attached hydrogens (primary N) is 1. The van der Waals surface area contributed by atoms with E-state index >= 15 is 0 Å². The zero-order valence-electron chi connectivity index (χ0n) is 6.82. The highest BCUT2D eigenvalue weighted by Gasteiger charge is 2.01. The van der Waals surface area contributed by atoms with Gasteiger partial charge in [-0.15, -0.1) is 11.6 Å². The Balaban J connectivity index is 3.25. The zero-order valence-corrected chi connectivity index (χ0v) is 7.57. The third-order valence-electron chi connectivity index (χ3n) is 2.02. The van der Waals surface area contributed by atoms with Crippen LogP contribution in [0.2, 0.25) is 0 Å². The largest absolute Gasteiger partial charge is 0.398 e. The number of nitrogen functional groups attached to an aromatic ring is 1. The summed E-state index contributed by atoms with van der Waals surface area (Å²) >= 11 is 5.68. The van der Waals surface area contributed by atoms with Gasteiger partial charge in [0.1, 0.15) is 0 Å². The second kappa shape index (κ2) is 3.14. The van der Waals surface area contributed by atoms with E-state index < -0.39 is 0 Å². The molecule has 0 spiro atoms. The molecule has 0 aliphatic heterocycles. The summed E-state index contributed by atoms with van der Waals surface area (Å²) in [7, 11) is 0. The topological polar surface area (TPSA) is 26.0 Å². The Labute approximate surface area is 72.2 Å². The van der Waals surface area contributed by atoms with Gasteiger partial charge in [0.2, 0.25) is 0 Å². The number of rotatable bonds is 1. The van der Waals surface area contributed by atoms with E-state index in [1.54, 1.807) is 0 Å². The monoisotopic (exact) mass is 169 g/mol. The molecule has 0 amide bonds. The molecule has 0 aliphatic rings. The normalized spacial score (nSPS) is 10.1. The van der Waals surface area contributed by atoms with Crippen molar-refractivity contribution in [2.24, 2.45) is 0 Å². The summed E-state index contributed by atoms with van der Waals surface area (Å²) in [5, 5.41) is 0. The molecule has 0 heterocycles. The Bertz CT molecular complexity index is 269. The maximum atomic E-state index is 5.81. The number of hydrogen-bond donors (Lipinski definition) is 1. The molecule has 0 saturated carbocycles. The van der Waals surface area contributed by atoms with Crippen LogP contribution in [0.3, 0.4) is 0 Å². The molecule has 0 atom stereocenters. The molecule has 60 valence electrons. The second-order valence-corrected chi connectivity index (χ2v) is 2.98. The average Bonchev–Trinajstić information content (AvgIpc) is 2.01. The van der Waals surface area contributed by atoms with Gasteiger partial charge in [-0.2, -0.15) is 0 Å². The number of halogens is 1. The van der Waals surface area contributed by atoms with Gasteiger partial charge in [-0.05, 0) is 30.5 Å². The van der Waals surface area contributed by atoms with Crippen molar-refractivity contribution in [3.63, 3.8) is 0 Å². The van der Waals surface area contributed by atoms with E-state index in [1.807, 2.05) is 26.0 Å². The Kier molecular flexibility index (Phi) is 2.40. The van der Waals surface area contributed by atoms with E-state index in [-0.39, 0.29) is 0 Å². The van der Waals surface area contributed by atoms with Crippen LogP contribution < -0.4 is 5.73 Å². The highest BCUT2D eigenvalue weighted by Crippen LogP contribution is 2.21. The molecule has 2 heteroatoms. The smallest absolute Gasteiger partial charge is 0.0494 e. The quantitative estimate of drug-likeness (QED) is 0.508. The van der Waals surface area contributed by atoms with E-state index in [1.165, 1.54) is 5.56 Å². The lowest BCUT2D eigenvalue weighted by molar-refractivity contribution is 1.29. The first-order chi connectivity index (χ1) is 5.16. The van der Waals surface area contributed by atoms with Crippen LogP contribution in [0.4, 0.5) is 5.69 Å². The van der Waals surface area contributed by atoms with Gasteiger partial charge < -0.3 is 5.73 Å². The molecule has 0 aliphatic carbocycles. The van der Waals surface area contributed by atoms with Gasteiger partial charge in [0.05, 0.1) is 0 Å². The first-order valence-corrected chi connectivity index (χ1v) is 4.10. The van der Waals surface area contributed by atoms with E-state index in [2.05, 4.69) is 0 Å². The second-order valence-electron chi connectivity index (χ2n) is 2.71. The van der Waals surface area contributed by atoms with Crippen molar-refractivity contribution in [1.29, 1.82) is 0 Å². The van der Waals surface area contributed by atoms with Crippen molar-refractivity contribution < 1.29 is 0 Å². The standard InChI is InChI=1S/C9H12ClN/c1-6-3-4-8(5-10)9(11)7(6)2/h3-4H,5,11H2,1-2H3. The Hall–Kier alpha value is -0.690. The maximum absolute atomic E-state index is 5.81. The summed E-state index contributed by atoms with van der Waals surface area (Å²) in [6.45, 7) is 4.06. The van der Waals surface area contributed by atoms with Crippen LogP contribution in [0.1, 0.15) is 16.7 Å². The fourth-order valence-corrected chi connectivity index (χ4v) is 1.24. The van der Waals surface area contributed by atoms with Crippen molar-refractivity contribution in [2.75, 3.05) is 5.73 Å². The number of anilines is 1. The number of aryl methyl sites for hydroxylation is 1. The van der Waals surface area contributed by atoms with Crippen LogP contribution in [-0.2, 0) is 5.88 Å². The first-order valence-electron chi connectivity index (χ1n) is 3.57. The minimum absolute atomic E-state index is 0.493. The lowest BCUT2D eigenvalue weighted by Gasteiger charge is -2.07. The molecule has 1 rings (SSSR count). The molecule has 1 aromatic carbocycles. The highest BCUT2D eigenvalue weighted by atomic mass is 35.5. The van der Waals surface area contributed by atoms with E-state index in [4.69, 9.17) is 17.3 Å². The lowest BCUT2D eigenvalue weighted by Crippen LogP contribution is -1.96. The van der Waals surface area contributed by atoms with Crippen molar-refractivity contribution in [3.05, 3.63) is 28.8 Å². The van der Waals surface area contributed by atoms with E-state index in [9.17, 15) is 0 Å². The molecule has 1 aromatic rings. The SMILES string of the molecule is Cc1ccc(CCl)c(N)c1C. The Morgan fingerprint density at radius 1 is 1.36 bits per heavy atom. The van der Waals surface area contributed by atoms with Gasteiger partial charge in [-0.1, -0.05) is 12.1 Å². The van der Waals surface area contributed by atoms with Gasteiger partial charge in [0, 0.05) is 11.6 Å². The predicted octanol–water partition coefficient (Wildman–Crippen LogP) is 2.62. The summed E-state index contributed by atoms with van der Waals surface area (Å²) in [5.74, 6) is 0.493. The van der Waals surface area contributed by atoms with Crippen LogP contribution in [0, 0.1) is 13.8 Å². The van der Waals surface area contributed by atoms with Crippen LogP contribution in [0.15, 0.2) is 12.1 Å². The minimum Gasteiger partial charge on any atom is -0.398 e. The molecule has 0 fully saturated rings. The van der Waals surface area contributed by atoms with Crippen molar-refractivity contribution in [3.8, 4) is 0 Å². The van der Waals surface area contributed by atoms with Crippen LogP contribution in [-0.4, -0.2) is 0 Å². The third-order valence-corrected chi connectivity index (χ3v) is 2.31. The fraction of sp³-hybridized carbons (Fsp3) is 0.333. The molecule has 2 N–H and O–H groups in total. The summed E-state index contributed by atoms with van der Waals surface area (Å²) in [6.07, 6.45) is 0. The summed E-state index contributed by atoms with van der Waals surface area (Å²) in [5.41, 5.74) is 10.0. The van der Waals surface area contributed by atoms with Gasteiger partial charge in [-0.25, -0.2) is 0 Å². The van der Waals surface area contributed by atoms with Crippen LogP contribution in [0.5, 0.6) is 0 Å². The maximum Gasteiger partial charge on any atom is 0.0494 e. The lowest BCUT2D eigenvalue weighted by atomic mass is 10.0. The molecule has 1 nitrogen and oxygen atoms in total. The summed E-state index contributed by atoms with van der Waals surface area (Å²) in [4.78, 5) is 0. The third kappa shape index (κ3) is 1.48. The van der Waals surface area contributed by atoms with Crippen molar-refractivity contribution in [2.45, 2.75) is 19.7 Å². The molecule has 0 bridgehead atoms. The molecular formula is C9H12ClN. The summed E-state index contributed by atoms with van der Waals surface area (Å²) < 4.78 is 0. The minimum atomic E-state index is 0.493. The Morgan fingerprint density at radius 2 is 2.00 bits per heavy atom. The van der Waals surface area contributed by atoms with Gasteiger partial charge in [0.25, 0.3) is 0 Å². The van der Waals surface area contributed by atoms with Gasteiger partial charge in [-0.3, -0.25) is 0 Å². The Morgan fingerprint density at radius 3 is 2.55 bits per heavy atom. The number of hydrogen-bond acceptors (Lipinski definition) is 1. The van der Waals surface area contributed by atoms with Gasteiger partial charge >= 0.3 is 0 Å². The van der Waals surface area contributed by atoms with Crippen molar-refractivity contribution in [1.82, 2.24) is 0 Å². The first kappa shape index (κ1) is 8.41. The van der Waals surface area contributed by atoms with Gasteiger partial charge in [0.15, 0.2) is 0 Å². The van der Waals surface area contributed by atoms with Crippen molar-refractivity contribution >= 4 is 17.3 Å². The van der Waals surface area contributed by atoms with E-state index in [0.717, 1.165) is 16.8 Å². The summed E-state index contributed by atoms with van der Waals surface area (Å²) in [6, 6.07) is 4.02. The zero-order chi connectivity index (χ0) is 8.43. The highest BCUT2D eigenvalue weighted by molar-refractivity contribution is 6.17. The van der Waals surface area contributed by atoms with Crippen LogP contribution >= 0.6 is 11.6 Å². The predicted molar refractivity (Wildman–Crippen MR) is 49.9 cm³/mol. The molecule has 0 saturated heterocycles. The molecule has 0 aromatic heterocycles. The fourth-order valence-electron chi connectivity index (χ4n) is 1.01. The number of alkyl halides is 1. The molecule has 0 radical (unpaired) electrons. The molecule has 11 heavy (non-hydrogen) atoms. The van der Waals surface area contributed by atoms with Crippen LogP contribution in [0.25, 0.3) is 0 Å². The number of benzene rings is 1. The molecular weight excluding hydrogens is 158 g/mol. The molecule has 0 unspecified atom stereocenters.